The summed E-state index contributed by atoms with van der Waals surface area (Å²) in [5.41, 5.74) is 0.502. The molecule has 2 saturated heterocycles. The Bertz CT molecular complexity index is 767. The van der Waals surface area contributed by atoms with Gasteiger partial charge in [-0.3, -0.25) is 4.79 Å². The van der Waals surface area contributed by atoms with Crippen molar-refractivity contribution in [3.05, 3.63) is 42.5 Å². The van der Waals surface area contributed by atoms with Crippen LogP contribution in [0.25, 0.3) is 0 Å². The van der Waals surface area contributed by atoms with Crippen LogP contribution in [-0.4, -0.2) is 65.0 Å². The zero-order chi connectivity index (χ0) is 18.6. The molecule has 2 aromatic rings. The first-order valence-corrected chi connectivity index (χ1v) is 9.73. The topological polar surface area (TPSA) is 65.5 Å². The van der Waals surface area contributed by atoms with E-state index < -0.39 is 0 Å². The second kappa shape index (κ2) is 7.90. The Kier molecular flexibility index (Phi) is 5.18. The van der Waals surface area contributed by atoms with Gasteiger partial charge in [0.1, 0.15) is 23.7 Å². The number of likely N-dealkylation sites (tertiary alicyclic amines) is 1. The number of hydrogen-bond donors (Lipinski definition) is 0. The van der Waals surface area contributed by atoms with Gasteiger partial charge < -0.3 is 14.7 Å². The molecule has 0 atom stereocenters. The van der Waals surface area contributed by atoms with Gasteiger partial charge in [-0.2, -0.15) is 0 Å². The van der Waals surface area contributed by atoms with Crippen LogP contribution in [0.4, 0.5) is 11.6 Å². The SMILES string of the molecule is CC1CCN(C(=O)c2cc(N3CCN(c4ccccn4)CC3)ncn2)CC1. The van der Waals surface area contributed by atoms with Crippen molar-refractivity contribution in [2.24, 2.45) is 5.92 Å². The fourth-order valence-electron chi connectivity index (χ4n) is 3.72. The predicted molar refractivity (Wildman–Crippen MR) is 105 cm³/mol. The first-order chi connectivity index (χ1) is 13.2. The van der Waals surface area contributed by atoms with Gasteiger partial charge in [-0.25, -0.2) is 15.0 Å². The van der Waals surface area contributed by atoms with Gasteiger partial charge in [0, 0.05) is 51.5 Å². The van der Waals surface area contributed by atoms with Crippen molar-refractivity contribution in [2.75, 3.05) is 49.1 Å². The maximum Gasteiger partial charge on any atom is 0.272 e. The molecule has 0 aliphatic carbocycles. The molecule has 0 bridgehead atoms. The Morgan fingerprint density at radius 3 is 2.30 bits per heavy atom. The number of nitrogens with zero attached hydrogens (tertiary/aromatic N) is 6. The average Bonchev–Trinajstić information content (AvgIpc) is 2.75. The van der Waals surface area contributed by atoms with E-state index in [0.717, 1.165) is 63.7 Å². The second-order valence-corrected chi connectivity index (χ2v) is 7.40. The van der Waals surface area contributed by atoms with Gasteiger partial charge in [0.15, 0.2) is 0 Å². The molecular weight excluding hydrogens is 340 g/mol. The maximum absolute atomic E-state index is 12.8. The summed E-state index contributed by atoms with van der Waals surface area (Å²) >= 11 is 0. The smallest absolute Gasteiger partial charge is 0.272 e. The molecule has 7 nitrogen and oxygen atoms in total. The second-order valence-electron chi connectivity index (χ2n) is 7.40. The van der Waals surface area contributed by atoms with Crippen LogP contribution in [0.2, 0.25) is 0 Å². The molecule has 1 amide bonds. The first kappa shape index (κ1) is 17.7. The quantitative estimate of drug-likeness (QED) is 0.829. The van der Waals surface area contributed by atoms with Crippen LogP contribution in [0.3, 0.4) is 0 Å². The number of carbonyl (C=O) groups excluding carboxylic acids is 1. The Morgan fingerprint density at radius 1 is 0.926 bits per heavy atom. The van der Waals surface area contributed by atoms with Crippen LogP contribution in [0, 0.1) is 5.92 Å². The van der Waals surface area contributed by atoms with Crippen LogP contribution in [-0.2, 0) is 0 Å². The normalized spacial score (nSPS) is 18.6. The fraction of sp³-hybridized carbons (Fsp3) is 0.500. The molecule has 27 heavy (non-hydrogen) atoms. The van der Waals surface area contributed by atoms with Crippen molar-refractivity contribution < 1.29 is 4.79 Å². The Labute approximate surface area is 160 Å². The third-order valence-electron chi connectivity index (χ3n) is 5.52. The van der Waals surface area contributed by atoms with Gasteiger partial charge >= 0.3 is 0 Å². The van der Waals surface area contributed by atoms with Crippen molar-refractivity contribution in [1.29, 1.82) is 0 Å². The number of amides is 1. The number of piperidine rings is 1. The monoisotopic (exact) mass is 366 g/mol. The zero-order valence-electron chi connectivity index (χ0n) is 15.8. The van der Waals surface area contributed by atoms with Gasteiger partial charge in [-0.1, -0.05) is 13.0 Å². The molecule has 0 spiro atoms. The molecule has 2 aromatic heterocycles. The van der Waals surface area contributed by atoms with E-state index in [1.165, 1.54) is 6.33 Å². The summed E-state index contributed by atoms with van der Waals surface area (Å²) in [5.74, 6) is 2.57. The van der Waals surface area contributed by atoms with Gasteiger partial charge in [0.2, 0.25) is 0 Å². The summed E-state index contributed by atoms with van der Waals surface area (Å²) < 4.78 is 0. The molecule has 4 heterocycles. The summed E-state index contributed by atoms with van der Waals surface area (Å²) in [6, 6.07) is 7.83. The minimum absolute atomic E-state index is 0.0256. The van der Waals surface area contributed by atoms with E-state index >= 15 is 0 Å². The number of pyridine rings is 1. The van der Waals surface area contributed by atoms with Crippen molar-refractivity contribution in [1.82, 2.24) is 19.9 Å². The lowest BCUT2D eigenvalue weighted by Gasteiger charge is -2.36. The molecule has 7 heteroatoms. The molecule has 2 aliphatic rings. The molecule has 0 N–H and O–H groups in total. The van der Waals surface area contributed by atoms with E-state index in [1.54, 1.807) is 0 Å². The molecule has 142 valence electrons. The molecule has 2 fully saturated rings. The summed E-state index contributed by atoms with van der Waals surface area (Å²) in [7, 11) is 0. The third-order valence-corrected chi connectivity index (χ3v) is 5.52. The number of piperazine rings is 1. The summed E-state index contributed by atoms with van der Waals surface area (Å²) in [6.07, 6.45) is 5.48. The highest BCUT2D eigenvalue weighted by atomic mass is 16.2. The van der Waals surface area contributed by atoms with Gasteiger partial charge in [-0.15, -0.1) is 0 Å². The van der Waals surface area contributed by atoms with E-state index in [4.69, 9.17) is 0 Å². The van der Waals surface area contributed by atoms with Gasteiger partial charge in [0.25, 0.3) is 5.91 Å². The van der Waals surface area contributed by atoms with E-state index in [-0.39, 0.29) is 5.91 Å². The van der Waals surface area contributed by atoms with E-state index in [9.17, 15) is 4.79 Å². The summed E-state index contributed by atoms with van der Waals surface area (Å²) in [6.45, 7) is 7.35. The third kappa shape index (κ3) is 4.02. The minimum atomic E-state index is 0.0256. The highest BCUT2D eigenvalue weighted by Crippen LogP contribution is 2.20. The number of anilines is 2. The first-order valence-electron chi connectivity index (χ1n) is 9.73. The predicted octanol–water partition coefficient (Wildman–Crippen LogP) is 2.07. The molecule has 0 aromatic carbocycles. The van der Waals surface area contributed by atoms with Crippen molar-refractivity contribution >= 4 is 17.5 Å². The standard InChI is InChI=1S/C20H26N6O/c1-16-5-8-26(9-6-16)20(27)17-14-19(23-15-22-17)25-12-10-24(11-13-25)18-4-2-3-7-21-18/h2-4,7,14-16H,5-6,8-13H2,1H3. The van der Waals surface area contributed by atoms with E-state index in [0.29, 0.717) is 11.6 Å². The molecule has 0 saturated carbocycles. The van der Waals surface area contributed by atoms with Crippen LogP contribution in [0.15, 0.2) is 36.8 Å². The molecule has 2 aliphatic heterocycles. The van der Waals surface area contributed by atoms with Gasteiger partial charge in [-0.05, 0) is 30.9 Å². The number of carbonyl (C=O) groups is 1. The number of hydrogen-bond acceptors (Lipinski definition) is 6. The Balaban J connectivity index is 1.40. The highest BCUT2D eigenvalue weighted by molar-refractivity contribution is 5.93. The zero-order valence-corrected chi connectivity index (χ0v) is 15.8. The largest absolute Gasteiger partial charge is 0.353 e. The number of aromatic nitrogens is 3. The summed E-state index contributed by atoms with van der Waals surface area (Å²) in [4.78, 5) is 32.3. The molecule has 4 rings (SSSR count). The lowest BCUT2D eigenvalue weighted by molar-refractivity contribution is 0.0691. The Hall–Kier alpha value is -2.70. The van der Waals surface area contributed by atoms with Crippen LogP contribution < -0.4 is 9.80 Å². The molecular formula is C20H26N6O. The Morgan fingerprint density at radius 2 is 1.63 bits per heavy atom. The van der Waals surface area contributed by atoms with Gasteiger partial charge in [0.05, 0.1) is 0 Å². The molecule has 0 radical (unpaired) electrons. The number of rotatable bonds is 3. The van der Waals surface area contributed by atoms with Crippen LogP contribution in [0.1, 0.15) is 30.3 Å². The lowest BCUT2D eigenvalue weighted by atomic mass is 9.99. The average molecular weight is 366 g/mol. The van der Waals surface area contributed by atoms with E-state index in [1.807, 2.05) is 35.4 Å². The van der Waals surface area contributed by atoms with Crippen LogP contribution >= 0.6 is 0 Å². The van der Waals surface area contributed by atoms with Crippen LogP contribution in [0.5, 0.6) is 0 Å². The van der Waals surface area contributed by atoms with E-state index in [2.05, 4.69) is 31.7 Å². The van der Waals surface area contributed by atoms with Crippen molar-refractivity contribution in [3.63, 3.8) is 0 Å². The fourth-order valence-corrected chi connectivity index (χ4v) is 3.72. The van der Waals surface area contributed by atoms with Crippen molar-refractivity contribution in [3.8, 4) is 0 Å². The maximum atomic E-state index is 12.8. The highest BCUT2D eigenvalue weighted by Gasteiger charge is 2.24. The van der Waals surface area contributed by atoms with Crippen molar-refractivity contribution in [2.45, 2.75) is 19.8 Å². The lowest BCUT2D eigenvalue weighted by Crippen LogP contribution is -2.47. The minimum Gasteiger partial charge on any atom is -0.353 e. The molecule has 0 unspecified atom stereocenters. The summed E-state index contributed by atoms with van der Waals surface area (Å²) in [5, 5.41) is 0.